The number of sulfone groups is 1. The van der Waals surface area contributed by atoms with Crippen molar-refractivity contribution in [2.75, 3.05) is 7.11 Å². The fraction of sp³-hybridized carbons (Fsp3) is 0.391. The Labute approximate surface area is 213 Å². The van der Waals surface area contributed by atoms with E-state index < -0.39 is 33.0 Å². The maximum atomic E-state index is 13.6. The molecule has 4 rings (SSSR count). The summed E-state index contributed by atoms with van der Waals surface area (Å²) < 4.78 is 40.0. The van der Waals surface area contributed by atoms with Crippen LogP contribution in [0.4, 0.5) is 0 Å². The summed E-state index contributed by atoms with van der Waals surface area (Å²) in [6.07, 6.45) is 3.49. The largest absolute Gasteiger partial charge is 0.444 e. The molecule has 4 aromatic rings. The number of aryl methyl sites for hydroxylation is 2. The van der Waals surface area contributed by atoms with Gasteiger partial charge in [-0.15, -0.1) is 10.2 Å². The van der Waals surface area contributed by atoms with E-state index >= 15 is 0 Å². The van der Waals surface area contributed by atoms with Gasteiger partial charge in [0.15, 0.2) is 21.5 Å². The fourth-order valence-corrected chi connectivity index (χ4v) is 5.35. The predicted octanol–water partition coefficient (Wildman–Crippen LogP) is 3.69. The van der Waals surface area contributed by atoms with Crippen LogP contribution in [0.3, 0.4) is 0 Å². The molecule has 0 aliphatic heterocycles. The number of hydrogen-bond acceptors (Lipinski definition) is 10. The molecule has 0 aromatic carbocycles. The average molecular weight is 532 g/mol. The van der Waals surface area contributed by atoms with Crippen LogP contribution in [0.25, 0.3) is 11.5 Å². The van der Waals surface area contributed by atoms with Crippen LogP contribution in [0.5, 0.6) is 0 Å². The van der Waals surface area contributed by atoms with Gasteiger partial charge in [0, 0.05) is 25.2 Å². The van der Waals surface area contributed by atoms with Crippen LogP contribution in [0.15, 0.2) is 41.2 Å². The highest BCUT2D eigenvalue weighted by Gasteiger charge is 2.35. The number of hydrogen-bond donors (Lipinski definition) is 0. The Kier molecular flexibility index (Phi) is 7.48. The van der Waals surface area contributed by atoms with Gasteiger partial charge in [-0.1, -0.05) is 17.7 Å². The minimum atomic E-state index is -3.83. The van der Waals surface area contributed by atoms with Crippen LogP contribution in [-0.2, 0) is 20.3 Å². The number of nitrogens with zero attached hydrogens (tertiary/aromatic N) is 7. The van der Waals surface area contributed by atoms with Crippen molar-refractivity contribution in [2.24, 2.45) is 0 Å². The molecule has 4 heterocycles. The fourth-order valence-electron chi connectivity index (χ4n) is 3.82. The van der Waals surface area contributed by atoms with Crippen LogP contribution < -0.4 is 0 Å². The van der Waals surface area contributed by atoms with E-state index in [1.807, 2.05) is 26.0 Å². The Bertz CT molecular complexity index is 1450. The topological polar surface area (TPSA) is 139 Å². The molecular weight excluding hydrogens is 506 g/mol. The first-order valence-electron chi connectivity index (χ1n) is 11.1. The first-order chi connectivity index (χ1) is 17.1. The number of oxazole rings is 1. The molecule has 0 N–H and O–H groups in total. The van der Waals surface area contributed by atoms with Crippen LogP contribution in [0, 0.1) is 13.8 Å². The predicted molar refractivity (Wildman–Crippen MR) is 132 cm³/mol. The number of methoxy groups -OCH3 is 1. The average Bonchev–Trinajstić information content (AvgIpc) is 3.46. The molecule has 190 valence electrons. The Morgan fingerprint density at radius 1 is 1.08 bits per heavy atom. The summed E-state index contributed by atoms with van der Waals surface area (Å²) >= 11 is 5.88. The summed E-state index contributed by atoms with van der Waals surface area (Å²) in [4.78, 5) is 17.1. The second kappa shape index (κ2) is 10.4. The van der Waals surface area contributed by atoms with Crippen molar-refractivity contribution in [3.8, 4) is 11.5 Å². The quantitative estimate of drug-likeness (QED) is 0.314. The molecule has 0 saturated heterocycles. The molecule has 0 saturated carbocycles. The molecule has 4 aromatic heterocycles. The molecule has 3 atom stereocenters. The zero-order valence-corrected chi connectivity index (χ0v) is 22.0. The van der Waals surface area contributed by atoms with Crippen molar-refractivity contribution in [1.29, 1.82) is 0 Å². The van der Waals surface area contributed by atoms with E-state index in [1.165, 1.54) is 19.5 Å². The van der Waals surface area contributed by atoms with Gasteiger partial charge in [-0.05, 0) is 39.8 Å². The minimum Gasteiger partial charge on any atom is -0.444 e. The Hall–Kier alpha value is -3.22. The van der Waals surface area contributed by atoms with Crippen LogP contribution in [0.1, 0.15) is 55.0 Å². The van der Waals surface area contributed by atoms with Crippen LogP contribution >= 0.6 is 11.6 Å². The zero-order chi connectivity index (χ0) is 26.0. The molecule has 11 nitrogen and oxygen atoms in total. The maximum absolute atomic E-state index is 13.6. The highest BCUT2D eigenvalue weighted by Crippen LogP contribution is 2.30. The molecule has 0 unspecified atom stereocenters. The van der Waals surface area contributed by atoms with E-state index in [9.17, 15) is 8.42 Å². The van der Waals surface area contributed by atoms with E-state index in [-0.39, 0.29) is 11.6 Å². The number of pyridine rings is 1. The molecule has 0 radical (unpaired) electrons. The van der Waals surface area contributed by atoms with Crippen molar-refractivity contribution < 1.29 is 17.6 Å². The highest BCUT2D eigenvalue weighted by molar-refractivity contribution is 7.91. The molecule has 0 amide bonds. The van der Waals surface area contributed by atoms with Gasteiger partial charge in [0.1, 0.15) is 35.2 Å². The van der Waals surface area contributed by atoms with Gasteiger partial charge in [0.25, 0.3) is 0 Å². The molecule has 36 heavy (non-hydrogen) atoms. The van der Waals surface area contributed by atoms with Gasteiger partial charge in [0.05, 0.1) is 16.5 Å². The number of rotatable bonds is 9. The highest BCUT2D eigenvalue weighted by atomic mass is 35.5. The van der Waals surface area contributed by atoms with Crippen LogP contribution in [-0.4, -0.2) is 55.5 Å². The molecule has 0 aliphatic rings. The van der Waals surface area contributed by atoms with E-state index in [1.54, 1.807) is 30.7 Å². The Morgan fingerprint density at radius 2 is 1.81 bits per heavy atom. The summed E-state index contributed by atoms with van der Waals surface area (Å²) in [5, 5.41) is 7.90. The summed E-state index contributed by atoms with van der Waals surface area (Å²) in [6.45, 7) is 7.04. The van der Waals surface area contributed by atoms with E-state index in [2.05, 4.69) is 30.1 Å². The second-order valence-corrected chi connectivity index (χ2v) is 11.2. The second-order valence-electron chi connectivity index (χ2n) is 8.39. The molecule has 0 fully saturated rings. The van der Waals surface area contributed by atoms with Crippen molar-refractivity contribution >= 4 is 21.4 Å². The molecule has 0 bridgehead atoms. The molecule has 0 spiro atoms. The van der Waals surface area contributed by atoms with Crippen molar-refractivity contribution in [3.63, 3.8) is 0 Å². The van der Waals surface area contributed by atoms with Crippen molar-refractivity contribution in [1.82, 2.24) is 34.7 Å². The molecular formula is C23H26ClN7O4S. The monoisotopic (exact) mass is 531 g/mol. The number of halogens is 1. The van der Waals surface area contributed by atoms with Gasteiger partial charge in [0.2, 0.25) is 5.89 Å². The van der Waals surface area contributed by atoms with Gasteiger partial charge < -0.3 is 9.15 Å². The zero-order valence-electron chi connectivity index (χ0n) is 20.5. The smallest absolute Gasteiger partial charge is 0.217 e. The third-order valence-electron chi connectivity index (χ3n) is 5.74. The number of ether oxygens (including phenoxy) is 1. The normalized spacial score (nSPS) is 14.5. The Balaban J connectivity index is 1.74. The van der Waals surface area contributed by atoms with E-state index in [0.29, 0.717) is 28.2 Å². The minimum absolute atomic E-state index is 0.215. The van der Waals surface area contributed by atoms with Gasteiger partial charge in [-0.2, -0.15) is 0 Å². The Morgan fingerprint density at radius 3 is 2.42 bits per heavy atom. The third kappa shape index (κ3) is 5.30. The molecule has 13 heteroatoms. The lowest BCUT2D eigenvalue weighted by Gasteiger charge is -2.22. The first kappa shape index (κ1) is 25.9. The molecule has 0 aliphatic carbocycles. The summed E-state index contributed by atoms with van der Waals surface area (Å²) in [5.41, 5.74) is 1.34. The standard InChI is InChI=1S/C23H26ClN7O4S/c1-13-7-6-8-18(28-13)22-30-29-19(31(22)15(3)23-27-9-14(2)35-23)12-36(32,33)16(4)20(34-5)21-25-10-17(24)11-26-21/h6-11,15-16,20H,12H2,1-5H3/t15-,16-,20-/m0/s1. The maximum Gasteiger partial charge on any atom is 0.217 e. The van der Waals surface area contributed by atoms with Gasteiger partial charge in [-0.25, -0.2) is 28.4 Å². The van der Waals surface area contributed by atoms with Crippen LogP contribution in [0.2, 0.25) is 5.02 Å². The lowest BCUT2D eigenvalue weighted by atomic mass is 10.2. The van der Waals surface area contributed by atoms with Gasteiger partial charge >= 0.3 is 0 Å². The summed E-state index contributed by atoms with van der Waals surface area (Å²) in [7, 11) is -2.42. The van der Waals surface area contributed by atoms with E-state index in [4.69, 9.17) is 20.8 Å². The SMILES string of the molecule is CO[C@H](c1ncc(Cl)cn1)[C@H](C)S(=O)(=O)Cc1nnc(-c2cccc(C)n2)n1[C@@H](C)c1ncc(C)o1. The third-order valence-corrected chi connectivity index (χ3v) is 7.98. The van der Waals surface area contributed by atoms with Gasteiger partial charge in [-0.3, -0.25) is 4.57 Å². The van der Waals surface area contributed by atoms with E-state index in [0.717, 1.165) is 5.69 Å². The summed E-state index contributed by atoms with van der Waals surface area (Å²) in [6, 6.07) is 5.01. The van der Waals surface area contributed by atoms with Crippen molar-refractivity contribution in [2.45, 2.75) is 50.8 Å². The lowest BCUT2D eigenvalue weighted by molar-refractivity contribution is 0.0948. The van der Waals surface area contributed by atoms with Crippen molar-refractivity contribution in [3.05, 3.63) is 70.8 Å². The number of aromatic nitrogens is 7. The lowest BCUT2D eigenvalue weighted by Crippen LogP contribution is -2.30. The summed E-state index contributed by atoms with van der Waals surface area (Å²) in [5.74, 6) is 1.46. The first-order valence-corrected chi connectivity index (χ1v) is 13.2.